The molecule has 1 aromatic heterocycles. The SMILES string of the molecule is Cc1cnc2c(c1)CNC=C2. The molecule has 1 aliphatic rings. The van der Waals surface area contributed by atoms with Gasteiger partial charge in [0.2, 0.25) is 0 Å². The normalized spacial score (nSPS) is 13.9. The molecule has 2 rings (SSSR count). The molecule has 0 radical (unpaired) electrons. The van der Waals surface area contributed by atoms with Crippen molar-refractivity contribution in [2.75, 3.05) is 0 Å². The number of rotatable bonds is 0. The maximum Gasteiger partial charge on any atom is 0.0694 e. The lowest BCUT2D eigenvalue weighted by Gasteiger charge is -2.10. The number of pyridine rings is 1. The van der Waals surface area contributed by atoms with Crippen molar-refractivity contribution in [2.45, 2.75) is 13.5 Å². The number of hydrogen-bond acceptors (Lipinski definition) is 2. The molecule has 11 heavy (non-hydrogen) atoms. The van der Waals surface area contributed by atoms with Crippen LogP contribution in [-0.2, 0) is 6.54 Å². The molecule has 2 nitrogen and oxygen atoms in total. The van der Waals surface area contributed by atoms with Crippen LogP contribution in [0.3, 0.4) is 0 Å². The summed E-state index contributed by atoms with van der Waals surface area (Å²) in [5.41, 5.74) is 3.60. The second kappa shape index (κ2) is 2.38. The molecule has 0 aliphatic carbocycles. The average molecular weight is 146 g/mol. The van der Waals surface area contributed by atoms with Gasteiger partial charge in [0.15, 0.2) is 0 Å². The Labute approximate surface area is 66.0 Å². The van der Waals surface area contributed by atoms with Crippen molar-refractivity contribution in [3.8, 4) is 0 Å². The minimum atomic E-state index is 0.903. The number of aromatic nitrogens is 1. The molecule has 1 aromatic rings. The van der Waals surface area contributed by atoms with Crippen molar-refractivity contribution in [1.82, 2.24) is 10.3 Å². The van der Waals surface area contributed by atoms with Gasteiger partial charge < -0.3 is 5.32 Å². The first kappa shape index (κ1) is 6.40. The quantitative estimate of drug-likeness (QED) is 0.599. The van der Waals surface area contributed by atoms with Crippen molar-refractivity contribution in [2.24, 2.45) is 0 Å². The summed E-state index contributed by atoms with van der Waals surface area (Å²) in [6.45, 7) is 2.96. The first-order chi connectivity index (χ1) is 5.36. The van der Waals surface area contributed by atoms with Crippen LogP contribution in [0.15, 0.2) is 18.5 Å². The van der Waals surface area contributed by atoms with Gasteiger partial charge in [0.05, 0.1) is 5.69 Å². The zero-order valence-corrected chi connectivity index (χ0v) is 6.46. The Morgan fingerprint density at radius 3 is 3.36 bits per heavy atom. The van der Waals surface area contributed by atoms with Gasteiger partial charge in [-0.3, -0.25) is 4.98 Å². The van der Waals surface area contributed by atoms with Crippen molar-refractivity contribution < 1.29 is 0 Å². The molecule has 0 atom stereocenters. The molecule has 0 aromatic carbocycles. The van der Waals surface area contributed by atoms with E-state index in [9.17, 15) is 0 Å². The van der Waals surface area contributed by atoms with E-state index in [1.54, 1.807) is 0 Å². The summed E-state index contributed by atoms with van der Waals surface area (Å²) in [6, 6.07) is 2.17. The number of hydrogen-bond donors (Lipinski definition) is 1. The third-order valence-electron chi connectivity index (χ3n) is 1.79. The van der Waals surface area contributed by atoms with Gasteiger partial charge in [-0.05, 0) is 30.3 Å². The molecule has 0 saturated carbocycles. The highest BCUT2D eigenvalue weighted by molar-refractivity contribution is 5.51. The zero-order chi connectivity index (χ0) is 7.68. The third-order valence-corrected chi connectivity index (χ3v) is 1.79. The number of nitrogens with one attached hydrogen (secondary N) is 1. The maximum absolute atomic E-state index is 4.29. The van der Waals surface area contributed by atoms with Crippen LogP contribution in [0.5, 0.6) is 0 Å². The van der Waals surface area contributed by atoms with E-state index in [4.69, 9.17) is 0 Å². The summed E-state index contributed by atoms with van der Waals surface area (Å²) in [5, 5.41) is 3.15. The predicted molar refractivity (Wildman–Crippen MR) is 44.8 cm³/mol. The van der Waals surface area contributed by atoms with E-state index in [1.807, 2.05) is 18.5 Å². The maximum atomic E-state index is 4.29. The molecule has 56 valence electrons. The highest BCUT2D eigenvalue weighted by Gasteiger charge is 2.03. The predicted octanol–water partition coefficient (Wildman–Crippen LogP) is 1.46. The van der Waals surface area contributed by atoms with Gasteiger partial charge in [-0.2, -0.15) is 0 Å². The van der Waals surface area contributed by atoms with Crippen molar-refractivity contribution in [3.63, 3.8) is 0 Å². The molecule has 2 heterocycles. The minimum absolute atomic E-state index is 0.903. The Morgan fingerprint density at radius 2 is 2.45 bits per heavy atom. The molecule has 0 bridgehead atoms. The van der Waals surface area contributed by atoms with E-state index >= 15 is 0 Å². The van der Waals surface area contributed by atoms with Gasteiger partial charge >= 0.3 is 0 Å². The van der Waals surface area contributed by atoms with Gasteiger partial charge in [0.25, 0.3) is 0 Å². The molecule has 2 heteroatoms. The molecule has 1 aliphatic heterocycles. The second-order valence-corrected chi connectivity index (χ2v) is 2.77. The summed E-state index contributed by atoms with van der Waals surface area (Å²) in [7, 11) is 0. The molecular weight excluding hydrogens is 136 g/mol. The van der Waals surface area contributed by atoms with Gasteiger partial charge in [0, 0.05) is 12.7 Å². The number of aryl methyl sites for hydroxylation is 1. The highest BCUT2D eigenvalue weighted by Crippen LogP contribution is 2.12. The Kier molecular flexibility index (Phi) is 1.39. The molecule has 0 saturated heterocycles. The molecular formula is C9H10N2. The molecule has 0 fully saturated rings. The Morgan fingerprint density at radius 1 is 1.55 bits per heavy atom. The highest BCUT2D eigenvalue weighted by atomic mass is 14.8. The molecule has 0 spiro atoms. The topological polar surface area (TPSA) is 24.9 Å². The van der Waals surface area contributed by atoms with Crippen LogP contribution in [-0.4, -0.2) is 4.98 Å². The summed E-state index contributed by atoms with van der Waals surface area (Å²) >= 11 is 0. The lowest BCUT2D eigenvalue weighted by Crippen LogP contribution is -2.11. The van der Waals surface area contributed by atoms with Crippen molar-refractivity contribution in [3.05, 3.63) is 35.3 Å². The van der Waals surface area contributed by atoms with E-state index in [2.05, 4.69) is 23.3 Å². The zero-order valence-electron chi connectivity index (χ0n) is 6.46. The standard InChI is InChI=1S/C9H10N2/c1-7-4-8-6-10-3-2-9(8)11-5-7/h2-5,10H,6H2,1H3. The van der Waals surface area contributed by atoms with Crippen LogP contribution in [0.2, 0.25) is 0 Å². The second-order valence-electron chi connectivity index (χ2n) is 2.77. The Bertz CT molecular complexity index is 302. The first-order valence-electron chi connectivity index (χ1n) is 3.72. The fraction of sp³-hybridized carbons (Fsp3) is 0.222. The minimum Gasteiger partial charge on any atom is -0.387 e. The van der Waals surface area contributed by atoms with Gasteiger partial charge in [-0.1, -0.05) is 6.07 Å². The van der Waals surface area contributed by atoms with E-state index in [-0.39, 0.29) is 0 Å². The largest absolute Gasteiger partial charge is 0.387 e. The number of nitrogens with zero attached hydrogens (tertiary/aromatic N) is 1. The van der Waals surface area contributed by atoms with Gasteiger partial charge in [-0.25, -0.2) is 0 Å². The van der Waals surface area contributed by atoms with Crippen LogP contribution in [0, 0.1) is 6.92 Å². The van der Waals surface area contributed by atoms with Crippen LogP contribution < -0.4 is 5.32 Å². The fourth-order valence-corrected chi connectivity index (χ4v) is 1.24. The van der Waals surface area contributed by atoms with E-state index < -0.39 is 0 Å². The molecule has 0 unspecified atom stereocenters. The number of fused-ring (bicyclic) bond motifs is 1. The Hall–Kier alpha value is -1.31. The fourth-order valence-electron chi connectivity index (χ4n) is 1.24. The lowest BCUT2D eigenvalue weighted by molar-refractivity contribution is 0.846. The van der Waals surface area contributed by atoms with Crippen LogP contribution in [0.1, 0.15) is 16.8 Å². The van der Waals surface area contributed by atoms with Crippen molar-refractivity contribution >= 4 is 6.08 Å². The lowest BCUT2D eigenvalue weighted by atomic mass is 10.1. The third kappa shape index (κ3) is 1.11. The summed E-state index contributed by atoms with van der Waals surface area (Å²) in [6.07, 6.45) is 5.83. The summed E-state index contributed by atoms with van der Waals surface area (Å²) < 4.78 is 0. The van der Waals surface area contributed by atoms with E-state index in [0.29, 0.717) is 0 Å². The van der Waals surface area contributed by atoms with Crippen LogP contribution in [0.25, 0.3) is 6.08 Å². The molecule has 0 amide bonds. The summed E-state index contributed by atoms with van der Waals surface area (Å²) in [5.74, 6) is 0. The monoisotopic (exact) mass is 146 g/mol. The van der Waals surface area contributed by atoms with Crippen molar-refractivity contribution in [1.29, 1.82) is 0 Å². The van der Waals surface area contributed by atoms with Crippen LogP contribution >= 0.6 is 0 Å². The van der Waals surface area contributed by atoms with Crippen LogP contribution in [0.4, 0.5) is 0 Å². The first-order valence-corrected chi connectivity index (χ1v) is 3.72. The Balaban J connectivity index is 2.53. The summed E-state index contributed by atoms with van der Waals surface area (Å²) in [4.78, 5) is 4.29. The average Bonchev–Trinajstić information content (AvgIpc) is 2.04. The van der Waals surface area contributed by atoms with E-state index in [0.717, 1.165) is 12.2 Å². The van der Waals surface area contributed by atoms with Gasteiger partial charge in [-0.15, -0.1) is 0 Å². The molecule has 1 N–H and O–H groups in total. The van der Waals surface area contributed by atoms with Gasteiger partial charge in [0.1, 0.15) is 0 Å². The smallest absolute Gasteiger partial charge is 0.0694 e. The van der Waals surface area contributed by atoms with E-state index in [1.165, 1.54) is 11.1 Å².